The predicted molar refractivity (Wildman–Crippen MR) is 87.6 cm³/mol. The third kappa shape index (κ3) is 4.21. The van der Waals surface area contributed by atoms with Crippen molar-refractivity contribution in [3.05, 3.63) is 33.6 Å². The fourth-order valence-corrected chi connectivity index (χ4v) is 2.33. The third-order valence-corrected chi connectivity index (χ3v) is 3.63. The number of hydrazone groups is 1. The number of benzene rings is 1. The predicted octanol–water partition coefficient (Wildman–Crippen LogP) is 3.72. The Morgan fingerprint density at radius 2 is 2.30 bits per heavy atom. The van der Waals surface area contributed by atoms with E-state index in [4.69, 9.17) is 10.5 Å². The number of hydrogen-bond donors (Lipinski definition) is 2. The van der Waals surface area contributed by atoms with E-state index >= 15 is 0 Å². The van der Waals surface area contributed by atoms with Gasteiger partial charge in [-0.2, -0.15) is 5.10 Å². The molecular weight excluding hydrogens is 340 g/mol. The summed E-state index contributed by atoms with van der Waals surface area (Å²) in [5.74, 6) is 1.28. The fraction of sp³-hybridized carbons (Fsp3) is 0.231. The number of aromatic nitrogens is 1. The molecule has 5 nitrogen and oxygen atoms in total. The average molecular weight is 355 g/mol. The Bertz CT molecular complexity index is 612. The van der Waals surface area contributed by atoms with E-state index in [0.29, 0.717) is 10.9 Å². The average Bonchev–Trinajstić information content (AvgIpc) is 2.78. The molecule has 20 heavy (non-hydrogen) atoms. The molecule has 2 rings (SSSR count). The van der Waals surface area contributed by atoms with Crippen LogP contribution < -0.4 is 15.9 Å². The summed E-state index contributed by atoms with van der Waals surface area (Å²) in [4.78, 5) is 4.05. The molecule has 0 atom stereocenters. The molecule has 7 heteroatoms. The van der Waals surface area contributed by atoms with Gasteiger partial charge in [-0.3, -0.25) is 5.43 Å². The van der Waals surface area contributed by atoms with Gasteiger partial charge in [0, 0.05) is 5.38 Å². The van der Waals surface area contributed by atoms with Gasteiger partial charge in [0.1, 0.15) is 11.6 Å². The van der Waals surface area contributed by atoms with Crippen molar-refractivity contribution in [3.8, 4) is 5.75 Å². The molecular formula is C13H15BrN4OS. The van der Waals surface area contributed by atoms with Gasteiger partial charge in [-0.05, 0) is 47.5 Å². The van der Waals surface area contributed by atoms with Gasteiger partial charge >= 0.3 is 0 Å². The van der Waals surface area contributed by atoms with Crippen LogP contribution in [0.25, 0.3) is 0 Å². The van der Waals surface area contributed by atoms with E-state index in [1.165, 1.54) is 11.3 Å². The number of thiazole rings is 1. The van der Waals surface area contributed by atoms with Crippen molar-refractivity contribution < 1.29 is 4.74 Å². The number of halogens is 1. The minimum absolute atomic E-state index is 0.120. The quantitative estimate of drug-likeness (QED) is 0.633. The van der Waals surface area contributed by atoms with Crippen LogP contribution in [0.4, 0.5) is 10.9 Å². The number of ether oxygens (including phenoxy) is 1. The lowest BCUT2D eigenvalue weighted by atomic mass is 10.2. The second kappa shape index (κ2) is 6.71. The van der Waals surface area contributed by atoms with Crippen LogP contribution >= 0.6 is 27.3 Å². The highest BCUT2D eigenvalue weighted by Gasteiger charge is 2.04. The molecule has 0 unspecified atom stereocenters. The van der Waals surface area contributed by atoms with E-state index in [2.05, 4.69) is 31.4 Å². The van der Waals surface area contributed by atoms with Crippen molar-refractivity contribution in [2.24, 2.45) is 5.10 Å². The minimum atomic E-state index is 0.120. The number of rotatable bonds is 5. The molecule has 0 bridgehead atoms. The standard InChI is InChI=1S/C13H15BrN4OS/c1-8(2)19-11-5-9(3-4-10(11)14)6-16-18-13-17-12(15)7-20-13/h3-8H,15H2,1-2H3,(H,17,18). The maximum absolute atomic E-state index is 5.70. The van der Waals surface area contributed by atoms with Crippen LogP contribution in [0.15, 0.2) is 33.2 Å². The lowest BCUT2D eigenvalue weighted by Crippen LogP contribution is -2.06. The second-order valence-electron chi connectivity index (χ2n) is 4.30. The highest BCUT2D eigenvalue weighted by Crippen LogP contribution is 2.26. The van der Waals surface area contributed by atoms with Crippen molar-refractivity contribution in [3.63, 3.8) is 0 Å². The summed E-state index contributed by atoms with van der Waals surface area (Å²) in [6.45, 7) is 3.98. The molecule has 0 fully saturated rings. The zero-order chi connectivity index (χ0) is 14.5. The number of nitrogen functional groups attached to an aromatic ring is 1. The maximum Gasteiger partial charge on any atom is 0.205 e. The van der Waals surface area contributed by atoms with Crippen LogP contribution in [-0.2, 0) is 0 Å². The van der Waals surface area contributed by atoms with E-state index in [1.54, 1.807) is 11.6 Å². The molecule has 2 aromatic rings. The first-order chi connectivity index (χ1) is 9.54. The van der Waals surface area contributed by atoms with Crippen LogP contribution in [0.1, 0.15) is 19.4 Å². The van der Waals surface area contributed by atoms with Gasteiger partial charge in [0.25, 0.3) is 0 Å². The van der Waals surface area contributed by atoms with Crippen molar-refractivity contribution in [2.75, 3.05) is 11.2 Å². The van der Waals surface area contributed by atoms with Crippen molar-refractivity contribution in [1.82, 2.24) is 4.98 Å². The molecule has 0 radical (unpaired) electrons. The Hall–Kier alpha value is -1.60. The van der Waals surface area contributed by atoms with Crippen LogP contribution in [0, 0.1) is 0 Å². The molecule has 1 heterocycles. The van der Waals surface area contributed by atoms with Gasteiger partial charge in [-0.1, -0.05) is 6.07 Å². The highest BCUT2D eigenvalue weighted by atomic mass is 79.9. The van der Waals surface area contributed by atoms with Gasteiger partial charge in [-0.15, -0.1) is 11.3 Å². The summed E-state index contributed by atoms with van der Waals surface area (Å²) in [5.41, 5.74) is 9.29. The molecule has 0 amide bonds. The SMILES string of the molecule is CC(C)Oc1cc(C=NNc2nc(N)cs2)ccc1Br. The number of nitrogens with zero attached hydrogens (tertiary/aromatic N) is 2. The van der Waals surface area contributed by atoms with Gasteiger partial charge in [0.05, 0.1) is 16.8 Å². The Morgan fingerprint density at radius 3 is 2.95 bits per heavy atom. The molecule has 0 saturated carbocycles. The molecule has 1 aromatic heterocycles. The van der Waals surface area contributed by atoms with E-state index in [9.17, 15) is 0 Å². The van der Waals surface area contributed by atoms with Gasteiger partial charge in [0.2, 0.25) is 5.13 Å². The fourth-order valence-electron chi connectivity index (χ4n) is 1.44. The van der Waals surface area contributed by atoms with Crippen molar-refractivity contribution in [2.45, 2.75) is 20.0 Å². The smallest absolute Gasteiger partial charge is 0.205 e. The summed E-state index contributed by atoms with van der Waals surface area (Å²) in [7, 11) is 0. The summed E-state index contributed by atoms with van der Waals surface area (Å²) in [6.07, 6.45) is 1.83. The lowest BCUT2D eigenvalue weighted by Gasteiger charge is -2.11. The Morgan fingerprint density at radius 1 is 1.50 bits per heavy atom. The normalized spacial score (nSPS) is 11.2. The molecule has 0 aliphatic carbocycles. The first-order valence-corrected chi connectivity index (χ1v) is 7.68. The topological polar surface area (TPSA) is 72.5 Å². The van der Waals surface area contributed by atoms with Crippen LogP contribution in [0.5, 0.6) is 5.75 Å². The van der Waals surface area contributed by atoms with Crippen LogP contribution in [0.2, 0.25) is 0 Å². The van der Waals surface area contributed by atoms with Crippen molar-refractivity contribution >= 4 is 44.4 Å². The van der Waals surface area contributed by atoms with E-state index < -0.39 is 0 Å². The van der Waals surface area contributed by atoms with Gasteiger partial charge < -0.3 is 10.5 Å². The monoisotopic (exact) mass is 354 g/mol. The summed E-state index contributed by atoms with van der Waals surface area (Å²) >= 11 is 4.86. The largest absolute Gasteiger partial charge is 0.490 e. The zero-order valence-electron chi connectivity index (χ0n) is 11.1. The summed E-state index contributed by atoms with van der Waals surface area (Å²) in [5, 5.41) is 6.54. The molecule has 0 aliphatic rings. The molecule has 3 N–H and O–H groups in total. The summed E-state index contributed by atoms with van der Waals surface area (Å²) in [6, 6.07) is 5.80. The lowest BCUT2D eigenvalue weighted by molar-refractivity contribution is 0.241. The number of nitrogens with two attached hydrogens (primary N) is 1. The minimum Gasteiger partial charge on any atom is -0.490 e. The van der Waals surface area contributed by atoms with E-state index in [-0.39, 0.29) is 6.10 Å². The molecule has 106 valence electrons. The second-order valence-corrected chi connectivity index (χ2v) is 6.02. The summed E-state index contributed by atoms with van der Waals surface area (Å²) < 4.78 is 6.62. The van der Waals surface area contributed by atoms with E-state index in [0.717, 1.165) is 15.8 Å². The molecule has 1 aromatic carbocycles. The van der Waals surface area contributed by atoms with Gasteiger partial charge in [-0.25, -0.2) is 4.98 Å². The zero-order valence-corrected chi connectivity index (χ0v) is 13.5. The number of anilines is 2. The number of nitrogens with one attached hydrogen (secondary N) is 1. The van der Waals surface area contributed by atoms with Crippen LogP contribution in [0.3, 0.4) is 0 Å². The highest BCUT2D eigenvalue weighted by molar-refractivity contribution is 9.10. The van der Waals surface area contributed by atoms with Crippen molar-refractivity contribution in [1.29, 1.82) is 0 Å². The van der Waals surface area contributed by atoms with E-state index in [1.807, 2.05) is 32.0 Å². The Labute approximate surface area is 130 Å². The van der Waals surface area contributed by atoms with Crippen LogP contribution in [-0.4, -0.2) is 17.3 Å². The van der Waals surface area contributed by atoms with Gasteiger partial charge in [0.15, 0.2) is 0 Å². The maximum atomic E-state index is 5.70. The Kier molecular flexibility index (Phi) is 4.97. The molecule has 0 saturated heterocycles. The Balaban J connectivity index is 2.05. The molecule has 0 aliphatic heterocycles. The number of hydrogen-bond acceptors (Lipinski definition) is 6. The third-order valence-electron chi connectivity index (χ3n) is 2.21. The first-order valence-electron chi connectivity index (χ1n) is 6.01. The first kappa shape index (κ1) is 14.8. The molecule has 0 spiro atoms.